The average Bonchev–Trinajstić information content (AvgIpc) is 2.71. The van der Waals surface area contributed by atoms with E-state index in [1.807, 2.05) is 25.3 Å². The second kappa shape index (κ2) is 8.81. The maximum Gasteiger partial charge on any atom is 0.321 e. The molecule has 0 unspecified atom stereocenters. The number of benzene rings is 2. The molecule has 0 saturated heterocycles. The van der Waals surface area contributed by atoms with Crippen molar-refractivity contribution in [3.8, 4) is 23.3 Å². The molecular formula is C22H19N2O4. The highest BCUT2D eigenvalue weighted by Gasteiger charge is 2.14. The average molecular weight is 375 g/mol. The van der Waals surface area contributed by atoms with Gasteiger partial charge in [-0.1, -0.05) is 24.3 Å². The standard InChI is InChI=1S/C22H19N2O4/c1-15-12-23-22(24-13-15)28-18-8-6-7-17(11-18)27-21-10-5-4-9-19(21)20(14-25)16(2)26-3/h4-13H,1-3H3. The Morgan fingerprint density at radius 3 is 2.32 bits per heavy atom. The number of allylic oxidation sites excluding steroid dienone is 2. The Hall–Kier alpha value is -3.67. The fourth-order valence-corrected chi connectivity index (χ4v) is 2.45. The van der Waals surface area contributed by atoms with E-state index in [1.54, 1.807) is 55.7 Å². The molecule has 0 atom stereocenters. The van der Waals surface area contributed by atoms with E-state index in [0.29, 0.717) is 34.1 Å². The Labute approximate surface area is 163 Å². The summed E-state index contributed by atoms with van der Waals surface area (Å²) in [6, 6.07) is 14.5. The first kappa shape index (κ1) is 19.1. The molecule has 0 N–H and O–H groups in total. The largest absolute Gasteiger partial charge is 0.501 e. The number of ether oxygens (including phenoxy) is 3. The van der Waals surface area contributed by atoms with Crippen molar-refractivity contribution < 1.29 is 19.0 Å². The van der Waals surface area contributed by atoms with Gasteiger partial charge in [0.15, 0.2) is 0 Å². The fourth-order valence-electron chi connectivity index (χ4n) is 2.45. The van der Waals surface area contributed by atoms with Crippen molar-refractivity contribution >= 4 is 11.9 Å². The molecule has 3 rings (SSSR count). The van der Waals surface area contributed by atoms with Crippen molar-refractivity contribution in [1.29, 1.82) is 0 Å². The summed E-state index contributed by atoms with van der Waals surface area (Å²) in [7, 11) is 1.50. The molecule has 28 heavy (non-hydrogen) atoms. The van der Waals surface area contributed by atoms with Crippen LogP contribution in [0.4, 0.5) is 0 Å². The van der Waals surface area contributed by atoms with Crippen LogP contribution in [0.25, 0.3) is 5.57 Å². The van der Waals surface area contributed by atoms with E-state index in [-0.39, 0.29) is 6.01 Å². The van der Waals surface area contributed by atoms with Crippen molar-refractivity contribution in [2.45, 2.75) is 13.8 Å². The lowest BCUT2D eigenvalue weighted by atomic mass is 10.0. The van der Waals surface area contributed by atoms with Gasteiger partial charge in [0.1, 0.15) is 23.0 Å². The zero-order chi connectivity index (χ0) is 19.9. The Balaban J connectivity index is 1.87. The molecular weight excluding hydrogens is 356 g/mol. The first-order valence-electron chi connectivity index (χ1n) is 8.57. The summed E-state index contributed by atoms with van der Waals surface area (Å²) in [5, 5.41) is 0. The smallest absolute Gasteiger partial charge is 0.321 e. The summed E-state index contributed by atoms with van der Waals surface area (Å²) in [5.41, 5.74) is 1.84. The van der Waals surface area contributed by atoms with Gasteiger partial charge in [-0.3, -0.25) is 4.79 Å². The molecule has 0 saturated carbocycles. The highest BCUT2D eigenvalue weighted by Crippen LogP contribution is 2.33. The number of hydrogen-bond donors (Lipinski definition) is 0. The predicted octanol–water partition coefficient (Wildman–Crippen LogP) is 4.86. The Morgan fingerprint density at radius 2 is 1.64 bits per heavy atom. The summed E-state index contributed by atoms with van der Waals surface area (Å²) >= 11 is 0. The molecule has 0 aliphatic heterocycles. The fraction of sp³-hybridized carbons (Fsp3) is 0.136. The summed E-state index contributed by atoms with van der Waals surface area (Å²) < 4.78 is 16.9. The number of carbonyl (C=O) groups excluding carboxylic acids is 1. The molecule has 1 heterocycles. The first-order valence-corrected chi connectivity index (χ1v) is 8.57. The molecule has 0 aliphatic rings. The second-order valence-corrected chi connectivity index (χ2v) is 5.96. The molecule has 6 nitrogen and oxygen atoms in total. The van der Waals surface area contributed by atoms with Crippen molar-refractivity contribution in [1.82, 2.24) is 9.97 Å². The maximum absolute atomic E-state index is 11.4. The Kier molecular flexibility index (Phi) is 6.01. The molecule has 1 aromatic heterocycles. The lowest BCUT2D eigenvalue weighted by Crippen LogP contribution is -1.97. The van der Waals surface area contributed by atoms with E-state index in [9.17, 15) is 4.79 Å². The summed E-state index contributed by atoms with van der Waals surface area (Å²) in [5.74, 6) is 2.03. The third kappa shape index (κ3) is 4.54. The number of methoxy groups -OCH3 is 1. The van der Waals surface area contributed by atoms with Crippen LogP contribution < -0.4 is 9.47 Å². The van der Waals surface area contributed by atoms with Crippen LogP contribution in [0.3, 0.4) is 0 Å². The highest BCUT2D eigenvalue weighted by atomic mass is 16.5. The number of aryl methyl sites for hydroxylation is 1. The van der Waals surface area contributed by atoms with E-state index in [2.05, 4.69) is 9.97 Å². The molecule has 2 aromatic carbocycles. The molecule has 141 valence electrons. The van der Waals surface area contributed by atoms with Crippen LogP contribution in [0.2, 0.25) is 0 Å². The van der Waals surface area contributed by atoms with E-state index in [1.165, 1.54) is 7.11 Å². The lowest BCUT2D eigenvalue weighted by molar-refractivity contribution is 0.296. The van der Waals surface area contributed by atoms with Gasteiger partial charge in [-0.15, -0.1) is 0 Å². The van der Waals surface area contributed by atoms with Crippen LogP contribution in [-0.4, -0.2) is 23.4 Å². The van der Waals surface area contributed by atoms with Gasteiger partial charge in [0.25, 0.3) is 0 Å². The van der Waals surface area contributed by atoms with Crippen LogP contribution in [0, 0.1) is 6.92 Å². The van der Waals surface area contributed by atoms with Crippen molar-refractivity contribution in [3.63, 3.8) is 0 Å². The predicted molar refractivity (Wildman–Crippen MR) is 105 cm³/mol. The van der Waals surface area contributed by atoms with Crippen LogP contribution in [0.1, 0.15) is 18.1 Å². The summed E-state index contributed by atoms with van der Waals surface area (Å²) in [6.07, 6.45) is 5.29. The van der Waals surface area contributed by atoms with Crippen molar-refractivity contribution in [2.24, 2.45) is 0 Å². The van der Waals surface area contributed by atoms with Gasteiger partial charge >= 0.3 is 6.01 Å². The quantitative estimate of drug-likeness (QED) is 0.434. The van der Waals surface area contributed by atoms with Crippen LogP contribution in [-0.2, 0) is 9.53 Å². The van der Waals surface area contributed by atoms with E-state index >= 15 is 0 Å². The monoisotopic (exact) mass is 375 g/mol. The van der Waals surface area contributed by atoms with Gasteiger partial charge in [-0.2, -0.15) is 0 Å². The molecule has 1 radical (unpaired) electrons. The van der Waals surface area contributed by atoms with Gasteiger partial charge in [0, 0.05) is 24.0 Å². The topological polar surface area (TPSA) is 70.5 Å². The first-order chi connectivity index (χ1) is 13.6. The van der Waals surface area contributed by atoms with Crippen LogP contribution in [0.5, 0.6) is 23.3 Å². The van der Waals surface area contributed by atoms with Gasteiger partial charge < -0.3 is 14.2 Å². The molecule has 0 aliphatic carbocycles. The van der Waals surface area contributed by atoms with Gasteiger partial charge in [-0.25, -0.2) is 9.97 Å². The zero-order valence-electron chi connectivity index (χ0n) is 15.8. The van der Waals surface area contributed by atoms with E-state index in [0.717, 1.165) is 5.56 Å². The normalized spacial score (nSPS) is 11.4. The summed E-state index contributed by atoms with van der Waals surface area (Å²) in [6.45, 7) is 3.60. The van der Waals surface area contributed by atoms with Crippen LogP contribution >= 0.6 is 0 Å². The van der Waals surface area contributed by atoms with Crippen molar-refractivity contribution in [3.05, 3.63) is 77.8 Å². The minimum atomic E-state index is 0.250. The maximum atomic E-state index is 11.4. The van der Waals surface area contributed by atoms with Gasteiger partial charge in [0.2, 0.25) is 6.29 Å². The second-order valence-electron chi connectivity index (χ2n) is 5.96. The zero-order valence-corrected chi connectivity index (χ0v) is 15.8. The van der Waals surface area contributed by atoms with Crippen LogP contribution in [0.15, 0.2) is 66.7 Å². The molecule has 0 bridgehead atoms. The molecule has 6 heteroatoms. The SMILES string of the molecule is COC(C)=C([C]=O)c1ccccc1Oc1cccc(Oc2ncc(C)cn2)c1. The minimum absolute atomic E-state index is 0.250. The van der Waals surface area contributed by atoms with E-state index < -0.39 is 0 Å². The third-order valence-electron chi connectivity index (χ3n) is 3.92. The summed E-state index contributed by atoms with van der Waals surface area (Å²) in [4.78, 5) is 19.7. The van der Waals surface area contributed by atoms with E-state index in [4.69, 9.17) is 14.2 Å². The molecule has 0 spiro atoms. The number of hydrogen-bond acceptors (Lipinski definition) is 6. The lowest BCUT2D eigenvalue weighted by Gasteiger charge is -2.13. The number of nitrogens with zero attached hydrogens (tertiary/aromatic N) is 2. The van der Waals surface area contributed by atoms with Gasteiger partial charge in [0.05, 0.1) is 12.7 Å². The molecule has 0 fully saturated rings. The highest BCUT2D eigenvalue weighted by molar-refractivity contribution is 6.09. The molecule has 3 aromatic rings. The van der Waals surface area contributed by atoms with Gasteiger partial charge in [-0.05, 0) is 37.6 Å². The minimum Gasteiger partial charge on any atom is -0.501 e. The third-order valence-corrected chi connectivity index (χ3v) is 3.92. The Morgan fingerprint density at radius 1 is 0.964 bits per heavy atom. The number of para-hydroxylation sites is 1. The Bertz CT molecular complexity index is 997. The van der Waals surface area contributed by atoms with Crippen molar-refractivity contribution in [2.75, 3.05) is 7.11 Å². The number of rotatable bonds is 7. The number of aromatic nitrogens is 2. The molecule has 0 amide bonds.